The number of nitrogens with one attached hydrogen (secondary N) is 1. The SMILES string of the molecule is CC(=O)c1cccc(NC(=O)[C@@H](C)OC(=O)c2nn(C)c(=O)c3ccccc23)c1. The van der Waals surface area contributed by atoms with E-state index in [9.17, 15) is 19.2 Å². The summed E-state index contributed by atoms with van der Waals surface area (Å²) in [7, 11) is 1.43. The third kappa shape index (κ3) is 4.21. The molecular weight excluding hydrogens is 374 g/mol. The lowest BCUT2D eigenvalue weighted by atomic mass is 10.1. The van der Waals surface area contributed by atoms with Crippen LogP contribution in [0.15, 0.2) is 53.3 Å². The van der Waals surface area contributed by atoms with Crippen molar-refractivity contribution >= 4 is 34.1 Å². The second-order valence-corrected chi connectivity index (χ2v) is 6.50. The Kier molecular flexibility index (Phi) is 5.54. The van der Waals surface area contributed by atoms with Crippen molar-refractivity contribution in [2.75, 3.05) is 5.32 Å². The molecule has 0 saturated heterocycles. The Morgan fingerprint density at radius 1 is 1.07 bits per heavy atom. The third-order valence-electron chi connectivity index (χ3n) is 4.34. The molecule has 0 saturated carbocycles. The molecular formula is C21H19N3O5. The zero-order chi connectivity index (χ0) is 21.1. The van der Waals surface area contributed by atoms with E-state index in [0.717, 1.165) is 4.68 Å². The quantitative estimate of drug-likeness (QED) is 0.527. The molecule has 8 nitrogen and oxygen atoms in total. The number of benzene rings is 2. The van der Waals surface area contributed by atoms with E-state index in [1.54, 1.807) is 42.5 Å². The van der Waals surface area contributed by atoms with E-state index in [-0.39, 0.29) is 17.0 Å². The molecule has 0 aliphatic carbocycles. The number of ether oxygens (including phenoxy) is 1. The number of hydrogen-bond donors (Lipinski definition) is 1. The number of carbonyl (C=O) groups is 3. The van der Waals surface area contributed by atoms with Crippen LogP contribution >= 0.6 is 0 Å². The van der Waals surface area contributed by atoms with Crippen molar-refractivity contribution in [1.29, 1.82) is 0 Å². The lowest BCUT2D eigenvalue weighted by Gasteiger charge is -2.14. The molecule has 3 rings (SSSR count). The van der Waals surface area contributed by atoms with Crippen molar-refractivity contribution in [3.05, 3.63) is 70.1 Å². The normalized spacial score (nSPS) is 11.7. The molecule has 0 fully saturated rings. The number of rotatable bonds is 5. The lowest BCUT2D eigenvalue weighted by Crippen LogP contribution is -2.31. The average molecular weight is 393 g/mol. The molecule has 1 heterocycles. The molecule has 1 atom stereocenters. The number of hydrogen-bond acceptors (Lipinski definition) is 6. The zero-order valence-corrected chi connectivity index (χ0v) is 16.1. The van der Waals surface area contributed by atoms with E-state index in [4.69, 9.17) is 4.74 Å². The lowest BCUT2D eigenvalue weighted by molar-refractivity contribution is -0.123. The first-order valence-electron chi connectivity index (χ1n) is 8.87. The summed E-state index contributed by atoms with van der Waals surface area (Å²) in [6.45, 7) is 2.85. The minimum absolute atomic E-state index is 0.0547. The fraction of sp³-hybridized carbons (Fsp3) is 0.190. The molecule has 1 amide bonds. The maximum Gasteiger partial charge on any atom is 0.360 e. The van der Waals surface area contributed by atoms with E-state index in [1.165, 1.54) is 27.0 Å². The van der Waals surface area contributed by atoms with Crippen molar-refractivity contribution in [1.82, 2.24) is 9.78 Å². The molecule has 0 unspecified atom stereocenters. The van der Waals surface area contributed by atoms with Gasteiger partial charge in [0, 0.05) is 23.7 Å². The average Bonchev–Trinajstić information content (AvgIpc) is 2.70. The minimum atomic E-state index is -1.12. The summed E-state index contributed by atoms with van der Waals surface area (Å²) >= 11 is 0. The molecule has 3 aromatic rings. The predicted octanol–water partition coefficient (Wildman–Crippen LogP) is 2.32. The fourth-order valence-corrected chi connectivity index (χ4v) is 2.78. The first-order valence-corrected chi connectivity index (χ1v) is 8.87. The number of carbonyl (C=O) groups excluding carboxylic acids is 3. The van der Waals surface area contributed by atoms with Gasteiger partial charge in [0.15, 0.2) is 17.6 Å². The van der Waals surface area contributed by atoms with Crippen LogP contribution in [-0.4, -0.2) is 33.5 Å². The van der Waals surface area contributed by atoms with Gasteiger partial charge in [-0.05, 0) is 32.0 Å². The molecule has 0 radical (unpaired) electrons. The first-order chi connectivity index (χ1) is 13.8. The first kappa shape index (κ1) is 19.9. The Labute approximate surface area is 166 Å². The Morgan fingerprint density at radius 2 is 1.76 bits per heavy atom. The van der Waals surface area contributed by atoms with Crippen molar-refractivity contribution in [3.63, 3.8) is 0 Å². The molecule has 0 aliphatic heterocycles. The van der Waals surface area contributed by atoms with Crippen LogP contribution in [0, 0.1) is 0 Å². The van der Waals surface area contributed by atoms with Gasteiger partial charge in [-0.25, -0.2) is 9.48 Å². The number of anilines is 1. The Balaban J connectivity index is 1.79. The highest BCUT2D eigenvalue weighted by atomic mass is 16.5. The largest absolute Gasteiger partial charge is 0.448 e. The number of fused-ring (bicyclic) bond motifs is 1. The topological polar surface area (TPSA) is 107 Å². The molecule has 148 valence electrons. The number of amides is 1. The molecule has 0 spiro atoms. The predicted molar refractivity (Wildman–Crippen MR) is 107 cm³/mol. The van der Waals surface area contributed by atoms with Gasteiger partial charge in [0.1, 0.15) is 0 Å². The number of Topliss-reactive ketones (excluding diaryl/α,β-unsaturated/α-hetero) is 1. The van der Waals surface area contributed by atoms with Crippen molar-refractivity contribution in [2.24, 2.45) is 7.05 Å². The van der Waals surface area contributed by atoms with Crippen LogP contribution in [0.3, 0.4) is 0 Å². The van der Waals surface area contributed by atoms with Crippen LogP contribution in [0.25, 0.3) is 10.8 Å². The fourth-order valence-electron chi connectivity index (χ4n) is 2.78. The zero-order valence-electron chi connectivity index (χ0n) is 16.1. The number of ketones is 1. The van der Waals surface area contributed by atoms with Crippen LogP contribution in [-0.2, 0) is 16.6 Å². The Bertz CT molecular complexity index is 1180. The van der Waals surface area contributed by atoms with Crippen molar-refractivity contribution < 1.29 is 19.1 Å². The van der Waals surface area contributed by atoms with Gasteiger partial charge in [0.2, 0.25) is 0 Å². The van der Waals surface area contributed by atoms with Gasteiger partial charge >= 0.3 is 5.97 Å². The highest BCUT2D eigenvalue weighted by Crippen LogP contribution is 2.16. The van der Waals surface area contributed by atoms with E-state index >= 15 is 0 Å². The molecule has 0 aliphatic rings. The summed E-state index contributed by atoms with van der Waals surface area (Å²) in [5.41, 5.74) is 0.471. The second-order valence-electron chi connectivity index (χ2n) is 6.50. The van der Waals surface area contributed by atoms with E-state index < -0.39 is 18.0 Å². The van der Waals surface area contributed by atoms with Crippen LogP contribution in [0.2, 0.25) is 0 Å². The minimum Gasteiger partial charge on any atom is -0.448 e. The third-order valence-corrected chi connectivity index (χ3v) is 4.34. The highest BCUT2D eigenvalue weighted by molar-refractivity contribution is 6.04. The summed E-state index contributed by atoms with van der Waals surface area (Å²) in [5, 5.41) is 7.27. The standard InChI is InChI=1S/C21H19N3O5/c1-12(25)14-7-6-8-15(11-14)22-19(26)13(2)29-21(28)18-16-9-4-5-10-17(16)20(27)24(3)23-18/h4-11,13H,1-3H3,(H,22,26)/t13-/m1/s1. The summed E-state index contributed by atoms with van der Waals surface area (Å²) in [4.78, 5) is 48.6. The second kappa shape index (κ2) is 8.05. The number of esters is 1. The summed E-state index contributed by atoms with van der Waals surface area (Å²) in [6.07, 6.45) is -1.12. The molecule has 2 aromatic carbocycles. The smallest absolute Gasteiger partial charge is 0.360 e. The van der Waals surface area contributed by atoms with E-state index in [2.05, 4.69) is 10.4 Å². The highest BCUT2D eigenvalue weighted by Gasteiger charge is 2.23. The van der Waals surface area contributed by atoms with Gasteiger partial charge in [-0.1, -0.05) is 30.3 Å². The van der Waals surface area contributed by atoms with Gasteiger partial charge in [-0.2, -0.15) is 5.10 Å². The van der Waals surface area contributed by atoms with E-state index in [0.29, 0.717) is 22.0 Å². The van der Waals surface area contributed by atoms with Crippen molar-refractivity contribution in [2.45, 2.75) is 20.0 Å². The van der Waals surface area contributed by atoms with Crippen LogP contribution < -0.4 is 10.9 Å². The van der Waals surface area contributed by atoms with Gasteiger partial charge in [-0.15, -0.1) is 0 Å². The maximum atomic E-state index is 12.6. The molecule has 0 bridgehead atoms. The van der Waals surface area contributed by atoms with Crippen LogP contribution in [0.1, 0.15) is 34.7 Å². The Hall–Kier alpha value is -3.81. The number of aryl methyl sites for hydroxylation is 1. The Morgan fingerprint density at radius 3 is 2.45 bits per heavy atom. The monoisotopic (exact) mass is 393 g/mol. The van der Waals surface area contributed by atoms with Crippen LogP contribution in [0.5, 0.6) is 0 Å². The molecule has 1 aromatic heterocycles. The molecule has 29 heavy (non-hydrogen) atoms. The van der Waals surface area contributed by atoms with Gasteiger partial charge in [-0.3, -0.25) is 14.4 Å². The molecule has 1 N–H and O–H groups in total. The number of aromatic nitrogens is 2. The van der Waals surface area contributed by atoms with Gasteiger partial charge < -0.3 is 10.1 Å². The molecule has 8 heteroatoms. The summed E-state index contributed by atoms with van der Waals surface area (Å²) in [5.74, 6) is -1.52. The van der Waals surface area contributed by atoms with E-state index in [1.807, 2.05) is 0 Å². The van der Waals surface area contributed by atoms with Gasteiger partial charge in [0.05, 0.1) is 5.39 Å². The van der Waals surface area contributed by atoms with Gasteiger partial charge in [0.25, 0.3) is 11.5 Å². The maximum absolute atomic E-state index is 12.6. The summed E-state index contributed by atoms with van der Waals surface area (Å²) in [6, 6.07) is 13.0. The number of nitrogens with zero attached hydrogens (tertiary/aromatic N) is 2. The summed E-state index contributed by atoms with van der Waals surface area (Å²) < 4.78 is 6.31. The van der Waals surface area contributed by atoms with Crippen molar-refractivity contribution in [3.8, 4) is 0 Å². The van der Waals surface area contributed by atoms with Crippen LogP contribution in [0.4, 0.5) is 5.69 Å².